The zero-order valence-electron chi connectivity index (χ0n) is 18.3. The molecule has 2 aromatic carbocycles. The number of ether oxygens (including phenoxy) is 3. The zero-order chi connectivity index (χ0) is 23.4. The summed E-state index contributed by atoms with van der Waals surface area (Å²) in [5.74, 6) is 0.539. The summed E-state index contributed by atoms with van der Waals surface area (Å²) in [6.07, 6.45) is 2.35. The molecular weight excluding hydrogens is 424 g/mol. The molecule has 1 amide bonds. The summed E-state index contributed by atoms with van der Waals surface area (Å²) in [4.78, 5) is 37.0. The van der Waals surface area contributed by atoms with Crippen LogP contribution in [0.4, 0.5) is 5.69 Å². The van der Waals surface area contributed by atoms with Crippen molar-refractivity contribution in [1.29, 1.82) is 0 Å². The number of pyridine rings is 1. The summed E-state index contributed by atoms with van der Waals surface area (Å²) in [5.41, 5.74) is 2.93. The third kappa shape index (κ3) is 4.77. The van der Waals surface area contributed by atoms with Gasteiger partial charge in [-0.1, -0.05) is 0 Å². The Morgan fingerprint density at radius 3 is 2.64 bits per heavy atom. The van der Waals surface area contributed by atoms with Crippen molar-refractivity contribution in [3.8, 4) is 22.9 Å². The fraction of sp³-hybridized carbons (Fsp3) is 0.167. The SMILES string of the molecule is COc1ccc(NC(=O)C(C)OC(=O)c2ccc3nc(-c4cccnc4)[nH]c3c2)c(OC)c1. The molecule has 0 bridgehead atoms. The largest absolute Gasteiger partial charge is 0.497 e. The molecule has 0 radical (unpaired) electrons. The van der Waals surface area contributed by atoms with Gasteiger partial charge in [0.15, 0.2) is 6.10 Å². The normalized spacial score (nSPS) is 11.6. The fourth-order valence-electron chi connectivity index (χ4n) is 3.19. The first kappa shape index (κ1) is 21.8. The molecule has 0 spiro atoms. The van der Waals surface area contributed by atoms with Crippen LogP contribution in [-0.2, 0) is 9.53 Å². The standard InChI is InChI=1S/C24H22N4O5/c1-14(23(29)28-19-9-7-17(31-2)12-21(19)32-3)33-24(30)15-6-8-18-20(11-15)27-22(26-18)16-5-4-10-25-13-16/h4-14H,1-3H3,(H,26,27)(H,28,29). The molecule has 0 aliphatic heterocycles. The highest BCUT2D eigenvalue weighted by Gasteiger charge is 2.21. The van der Waals surface area contributed by atoms with Crippen LogP contribution in [0.1, 0.15) is 17.3 Å². The van der Waals surface area contributed by atoms with Crippen LogP contribution in [0.15, 0.2) is 60.9 Å². The molecule has 0 fully saturated rings. The van der Waals surface area contributed by atoms with Gasteiger partial charge in [0.25, 0.3) is 5.91 Å². The highest BCUT2D eigenvalue weighted by molar-refractivity contribution is 5.99. The molecule has 4 aromatic rings. The number of hydrogen-bond donors (Lipinski definition) is 2. The summed E-state index contributed by atoms with van der Waals surface area (Å²) in [7, 11) is 3.02. The van der Waals surface area contributed by atoms with Gasteiger partial charge >= 0.3 is 5.97 Å². The second-order valence-corrected chi connectivity index (χ2v) is 7.16. The van der Waals surface area contributed by atoms with Gasteiger partial charge in [-0.2, -0.15) is 0 Å². The van der Waals surface area contributed by atoms with Gasteiger partial charge in [0, 0.05) is 24.0 Å². The smallest absolute Gasteiger partial charge is 0.338 e. The van der Waals surface area contributed by atoms with Gasteiger partial charge in [-0.25, -0.2) is 9.78 Å². The molecule has 0 saturated heterocycles. The quantitative estimate of drug-likeness (QED) is 0.415. The number of carbonyl (C=O) groups excluding carboxylic acids is 2. The van der Waals surface area contributed by atoms with E-state index in [1.165, 1.54) is 21.1 Å². The van der Waals surface area contributed by atoms with Gasteiger partial charge in [-0.05, 0) is 49.4 Å². The lowest BCUT2D eigenvalue weighted by Crippen LogP contribution is -2.30. The molecule has 9 nitrogen and oxygen atoms in total. The number of aromatic nitrogens is 3. The van der Waals surface area contributed by atoms with Crippen molar-refractivity contribution in [1.82, 2.24) is 15.0 Å². The molecule has 1 atom stereocenters. The Hall–Kier alpha value is -4.40. The van der Waals surface area contributed by atoms with E-state index in [9.17, 15) is 9.59 Å². The maximum atomic E-state index is 12.7. The molecule has 4 rings (SSSR count). The number of nitrogens with zero attached hydrogens (tertiary/aromatic N) is 2. The fourth-order valence-corrected chi connectivity index (χ4v) is 3.19. The van der Waals surface area contributed by atoms with E-state index < -0.39 is 18.0 Å². The first-order chi connectivity index (χ1) is 16.0. The number of anilines is 1. The molecule has 0 aliphatic rings. The second-order valence-electron chi connectivity index (χ2n) is 7.16. The Bertz CT molecular complexity index is 1300. The van der Waals surface area contributed by atoms with E-state index in [0.717, 1.165) is 5.56 Å². The summed E-state index contributed by atoms with van der Waals surface area (Å²) in [6, 6.07) is 13.7. The van der Waals surface area contributed by atoms with Crippen molar-refractivity contribution in [2.24, 2.45) is 0 Å². The zero-order valence-corrected chi connectivity index (χ0v) is 18.3. The number of hydrogen-bond acceptors (Lipinski definition) is 7. The Kier molecular flexibility index (Phi) is 6.21. The number of amides is 1. The maximum absolute atomic E-state index is 12.7. The van der Waals surface area contributed by atoms with Crippen LogP contribution >= 0.6 is 0 Å². The topological polar surface area (TPSA) is 115 Å². The molecule has 2 aromatic heterocycles. The van der Waals surface area contributed by atoms with Crippen molar-refractivity contribution < 1.29 is 23.8 Å². The number of H-pyrrole nitrogens is 1. The third-order valence-electron chi connectivity index (χ3n) is 4.97. The van der Waals surface area contributed by atoms with Crippen LogP contribution in [0.5, 0.6) is 11.5 Å². The highest BCUT2D eigenvalue weighted by atomic mass is 16.5. The summed E-state index contributed by atoms with van der Waals surface area (Å²) in [5, 5.41) is 2.70. The van der Waals surface area contributed by atoms with Crippen LogP contribution < -0.4 is 14.8 Å². The predicted octanol–water partition coefficient (Wildman–Crippen LogP) is 3.83. The van der Waals surface area contributed by atoms with Gasteiger partial charge in [0.05, 0.1) is 36.5 Å². The van der Waals surface area contributed by atoms with Crippen molar-refractivity contribution in [2.45, 2.75) is 13.0 Å². The predicted molar refractivity (Wildman–Crippen MR) is 122 cm³/mol. The lowest BCUT2D eigenvalue weighted by molar-refractivity contribution is -0.123. The summed E-state index contributed by atoms with van der Waals surface area (Å²) in [6.45, 7) is 1.50. The summed E-state index contributed by atoms with van der Waals surface area (Å²) < 4.78 is 15.8. The number of carbonyl (C=O) groups is 2. The van der Waals surface area contributed by atoms with E-state index in [-0.39, 0.29) is 0 Å². The minimum absolute atomic E-state index is 0.297. The average Bonchev–Trinajstić information content (AvgIpc) is 3.28. The summed E-state index contributed by atoms with van der Waals surface area (Å²) >= 11 is 0. The van der Waals surface area contributed by atoms with Crippen molar-refractivity contribution >= 4 is 28.6 Å². The molecular formula is C24H22N4O5. The first-order valence-corrected chi connectivity index (χ1v) is 10.1. The Morgan fingerprint density at radius 1 is 1.06 bits per heavy atom. The van der Waals surface area contributed by atoms with Crippen molar-refractivity contribution in [3.05, 3.63) is 66.5 Å². The Labute approximate surface area is 189 Å². The number of rotatable bonds is 7. The van der Waals surface area contributed by atoms with E-state index >= 15 is 0 Å². The minimum Gasteiger partial charge on any atom is -0.497 e. The average molecular weight is 446 g/mol. The number of methoxy groups -OCH3 is 2. The number of benzene rings is 2. The van der Waals surface area contributed by atoms with E-state index in [0.29, 0.717) is 39.6 Å². The number of esters is 1. The molecule has 33 heavy (non-hydrogen) atoms. The maximum Gasteiger partial charge on any atom is 0.338 e. The number of fused-ring (bicyclic) bond motifs is 1. The highest BCUT2D eigenvalue weighted by Crippen LogP contribution is 2.29. The van der Waals surface area contributed by atoms with Crippen LogP contribution in [0.3, 0.4) is 0 Å². The van der Waals surface area contributed by atoms with Crippen LogP contribution in [-0.4, -0.2) is 47.2 Å². The van der Waals surface area contributed by atoms with Gasteiger partial charge in [-0.3, -0.25) is 9.78 Å². The van der Waals surface area contributed by atoms with Gasteiger partial charge in [-0.15, -0.1) is 0 Å². The molecule has 9 heteroatoms. The molecule has 168 valence electrons. The van der Waals surface area contributed by atoms with Crippen LogP contribution in [0.25, 0.3) is 22.4 Å². The van der Waals surface area contributed by atoms with E-state index in [1.807, 2.05) is 12.1 Å². The second kappa shape index (κ2) is 9.39. The Morgan fingerprint density at radius 2 is 1.91 bits per heavy atom. The molecule has 0 saturated carbocycles. The van der Waals surface area contributed by atoms with Crippen LogP contribution in [0.2, 0.25) is 0 Å². The molecule has 1 unspecified atom stereocenters. The van der Waals surface area contributed by atoms with E-state index in [4.69, 9.17) is 14.2 Å². The number of aromatic amines is 1. The van der Waals surface area contributed by atoms with Gasteiger partial charge in [0.2, 0.25) is 0 Å². The minimum atomic E-state index is -1.03. The van der Waals surface area contributed by atoms with E-state index in [1.54, 1.807) is 48.8 Å². The first-order valence-electron chi connectivity index (χ1n) is 10.1. The lowest BCUT2D eigenvalue weighted by atomic mass is 10.2. The van der Waals surface area contributed by atoms with Crippen molar-refractivity contribution in [3.63, 3.8) is 0 Å². The van der Waals surface area contributed by atoms with Crippen molar-refractivity contribution in [2.75, 3.05) is 19.5 Å². The third-order valence-corrected chi connectivity index (χ3v) is 4.97. The van der Waals surface area contributed by atoms with E-state index in [2.05, 4.69) is 20.3 Å². The Balaban J connectivity index is 1.45. The lowest BCUT2D eigenvalue weighted by Gasteiger charge is -2.15. The van der Waals surface area contributed by atoms with Gasteiger partial charge < -0.3 is 24.5 Å². The monoisotopic (exact) mass is 446 g/mol. The molecule has 2 heterocycles. The number of nitrogens with one attached hydrogen (secondary N) is 2. The van der Waals surface area contributed by atoms with Gasteiger partial charge in [0.1, 0.15) is 17.3 Å². The molecule has 0 aliphatic carbocycles. The van der Waals surface area contributed by atoms with Crippen LogP contribution in [0, 0.1) is 0 Å². The molecule has 2 N–H and O–H groups in total. The number of imidazole rings is 1.